The third kappa shape index (κ3) is 4.52. The molecule has 4 rings (SSSR count). The minimum atomic E-state index is -4.57. The molecule has 1 aromatic carbocycles. The molecule has 11 heteroatoms. The number of likely N-dealkylation sites (tertiary alicyclic amines) is 1. The second kappa shape index (κ2) is 9.63. The second-order valence-corrected chi connectivity index (χ2v) is 8.86. The molecule has 1 aromatic heterocycles. The number of benzene rings is 1. The van der Waals surface area contributed by atoms with Crippen molar-refractivity contribution in [2.45, 2.75) is 25.4 Å². The lowest BCUT2D eigenvalue weighted by Crippen LogP contribution is -2.46. The van der Waals surface area contributed by atoms with E-state index >= 15 is 0 Å². The van der Waals surface area contributed by atoms with Crippen molar-refractivity contribution in [2.24, 2.45) is 11.1 Å². The normalized spacial score (nSPS) is 18.0. The number of anilines is 1. The number of ether oxygens (including phenoxy) is 1. The Morgan fingerprint density at radius 2 is 1.86 bits per heavy atom. The van der Waals surface area contributed by atoms with Crippen molar-refractivity contribution < 1.29 is 27.5 Å². The molecule has 0 saturated carbocycles. The number of hydrogen-bond acceptors (Lipinski definition) is 6. The van der Waals surface area contributed by atoms with Crippen LogP contribution in [-0.2, 0) is 11.0 Å². The quantitative estimate of drug-likeness (QED) is 0.607. The van der Waals surface area contributed by atoms with Gasteiger partial charge < -0.3 is 25.7 Å². The van der Waals surface area contributed by atoms with Gasteiger partial charge in [-0.1, -0.05) is 0 Å². The number of alkyl halides is 3. The number of carbonyl (C=O) groups is 2. The summed E-state index contributed by atoms with van der Waals surface area (Å²) in [6.07, 6.45) is 0.380. The third-order valence-electron chi connectivity index (χ3n) is 6.96. The molecular formula is C25H26F3N5O3. The summed E-state index contributed by atoms with van der Waals surface area (Å²) in [7, 11) is 1.51. The summed E-state index contributed by atoms with van der Waals surface area (Å²) < 4.78 is 43.7. The predicted molar refractivity (Wildman–Crippen MR) is 128 cm³/mol. The minimum Gasteiger partial charge on any atom is -0.496 e. The van der Waals surface area contributed by atoms with Gasteiger partial charge in [0.05, 0.1) is 18.1 Å². The topological polar surface area (TPSA) is 113 Å². The number of nitrogens with one attached hydrogen (secondary N) is 1. The summed E-state index contributed by atoms with van der Waals surface area (Å²) in [4.78, 5) is 32.9. The van der Waals surface area contributed by atoms with E-state index in [-0.39, 0.29) is 11.5 Å². The Morgan fingerprint density at radius 3 is 2.42 bits per heavy atom. The zero-order valence-electron chi connectivity index (χ0n) is 19.6. The molecule has 0 unspecified atom stereocenters. The molecule has 0 radical (unpaired) electrons. The largest absolute Gasteiger partial charge is 0.496 e. The number of hydrogen-bond donors (Lipinski definition) is 2. The van der Waals surface area contributed by atoms with Crippen LogP contribution in [0.25, 0.3) is 5.57 Å². The standard InChI is InChI=1S/C25H26F3N5O3/c1-36-20-12-18(3-4-19(20)17(13-29)14-30)33-11-8-24(23(33)35)6-9-32(10-7-24)22(34)16-2-5-21(31-15-16)25(26,27)28/h2-5,12-15,29H,6-11,30H2,1H3/b17-14+,29-13?. The van der Waals surface area contributed by atoms with Gasteiger partial charge in [0.2, 0.25) is 5.91 Å². The number of rotatable bonds is 5. The number of pyridine rings is 1. The Bertz CT molecular complexity index is 1200. The number of piperidine rings is 1. The van der Waals surface area contributed by atoms with E-state index in [9.17, 15) is 22.8 Å². The maximum absolute atomic E-state index is 13.5. The van der Waals surface area contributed by atoms with Gasteiger partial charge in [0.15, 0.2) is 0 Å². The molecule has 1 spiro atoms. The molecular weight excluding hydrogens is 475 g/mol. The maximum Gasteiger partial charge on any atom is 0.433 e. The number of allylic oxidation sites excluding steroid dienone is 1. The lowest BCUT2D eigenvalue weighted by Gasteiger charge is -2.38. The fourth-order valence-electron chi connectivity index (χ4n) is 4.84. The smallest absolute Gasteiger partial charge is 0.433 e. The predicted octanol–water partition coefficient (Wildman–Crippen LogP) is 3.72. The van der Waals surface area contributed by atoms with Crippen LogP contribution in [0.3, 0.4) is 0 Å². The number of methoxy groups -OCH3 is 1. The lowest BCUT2D eigenvalue weighted by atomic mass is 9.77. The molecule has 190 valence electrons. The van der Waals surface area contributed by atoms with E-state index in [2.05, 4.69) is 4.98 Å². The molecule has 0 atom stereocenters. The minimum absolute atomic E-state index is 0.0257. The number of carbonyl (C=O) groups excluding carboxylic acids is 2. The van der Waals surface area contributed by atoms with Crippen molar-refractivity contribution in [3.8, 4) is 5.75 Å². The first-order chi connectivity index (χ1) is 17.1. The van der Waals surface area contributed by atoms with Crippen molar-refractivity contribution in [1.82, 2.24) is 9.88 Å². The average molecular weight is 502 g/mol. The third-order valence-corrected chi connectivity index (χ3v) is 6.96. The van der Waals surface area contributed by atoms with Crippen molar-refractivity contribution in [1.29, 1.82) is 5.41 Å². The molecule has 3 heterocycles. The highest BCUT2D eigenvalue weighted by Gasteiger charge is 2.49. The lowest BCUT2D eigenvalue weighted by molar-refractivity contribution is -0.141. The van der Waals surface area contributed by atoms with Crippen LogP contribution in [0.15, 0.2) is 42.7 Å². The molecule has 0 aliphatic carbocycles. The Labute approximate surface area is 206 Å². The number of amides is 2. The van der Waals surface area contributed by atoms with Gasteiger partial charge in [0, 0.05) is 61.1 Å². The van der Waals surface area contributed by atoms with Gasteiger partial charge in [-0.25, -0.2) is 0 Å². The van der Waals surface area contributed by atoms with Crippen LogP contribution in [0.1, 0.15) is 40.9 Å². The van der Waals surface area contributed by atoms with Crippen LogP contribution in [0.2, 0.25) is 0 Å². The van der Waals surface area contributed by atoms with Crippen molar-refractivity contribution in [3.63, 3.8) is 0 Å². The van der Waals surface area contributed by atoms with Gasteiger partial charge >= 0.3 is 6.18 Å². The fraction of sp³-hybridized carbons (Fsp3) is 0.360. The SMILES string of the molecule is COc1cc(N2CCC3(CCN(C(=O)c4ccc(C(F)(F)F)nc4)CC3)C2=O)ccc1/C(C=N)=C/N. The van der Waals surface area contributed by atoms with Crippen LogP contribution < -0.4 is 15.4 Å². The van der Waals surface area contributed by atoms with E-state index in [4.69, 9.17) is 15.9 Å². The Kier molecular flexibility index (Phi) is 6.75. The molecule has 2 aromatic rings. The van der Waals surface area contributed by atoms with E-state index in [1.54, 1.807) is 28.0 Å². The molecule has 2 aliphatic rings. The van der Waals surface area contributed by atoms with Gasteiger partial charge in [0.1, 0.15) is 11.4 Å². The highest BCUT2D eigenvalue weighted by atomic mass is 19.4. The molecule has 36 heavy (non-hydrogen) atoms. The number of nitrogens with two attached hydrogens (primary N) is 1. The Balaban J connectivity index is 1.45. The van der Waals surface area contributed by atoms with Gasteiger partial charge in [0.25, 0.3) is 5.91 Å². The van der Waals surface area contributed by atoms with Crippen molar-refractivity contribution in [2.75, 3.05) is 31.6 Å². The first-order valence-electron chi connectivity index (χ1n) is 11.4. The van der Waals surface area contributed by atoms with E-state index in [0.29, 0.717) is 61.5 Å². The summed E-state index contributed by atoms with van der Waals surface area (Å²) in [5.74, 6) is 0.0675. The fourth-order valence-corrected chi connectivity index (χ4v) is 4.84. The van der Waals surface area contributed by atoms with Crippen molar-refractivity contribution in [3.05, 3.63) is 59.5 Å². The van der Waals surface area contributed by atoms with E-state index in [1.807, 2.05) is 0 Å². The monoisotopic (exact) mass is 501 g/mol. The first kappa shape index (κ1) is 25.2. The summed E-state index contributed by atoms with van der Waals surface area (Å²) in [5, 5.41) is 7.52. The highest BCUT2D eigenvalue weighted by molar-refractivity contribution is 6.09. The maximum atomic E-state index is 13.5. The molecule has 2 amide bonds. The molecule has 8 nitrogen and oxygen atoms in total. The van der Waals surface area contributed by atoms with E-state index < -0.39 is 23.2 Å². The molecule has 2 fully saturated rings. The zero-order valence-corrected chi connectivity index (χ0v) is 19.6. The van der Waals surface area contributed by atoms with Crippen LogP contribution >= 0.6 is 0 Å². The van der Waals surface area contributed by atoms with Crippen LogP contribution in [0.4, 0.5) is 18.9 Å². The van der Waals surface area contributed by atoms with Crippen LogP contribution in [0, 0.1) is 10.8 Å². The number of aromatic nitrogens is 1. The average Bonchev–Trinajstić information content (AvgIpc) is 3.19. The van der Waals surface area contributed by atoms with Gasteiger partial charge in [-0.05, 0) is 43.5 Å². The van der Waals surface area contributed by atoms with Crippen molar-refractivity contribution >= 4 is 29.3 Å². The Morgan fingerprint density at radius 1 is 1.17 bits per heavy atom. The van der Waals surface area contributed by atoms with Crippen LogP contribution in [0.5, 0.6) is 5.75 Å². The Hall–Kier alpha value is -3.89. The summed E-state index contributed by atoms with van der Waals surface area (Å²) in [6, 6.07) is 7.22. The molecule has 3 N–H and O–H groups in total. The molecule has 2 aliphatic heterocycles. The van der Waals surface area contributed by atoms with E-state index in [0.717, 1.165) is 24.5 Å². The zero-order chi connectivity index (χ0) is 26.1. The number of halogens is 3. The van der Waals surface area contributed by atoms with Gasteiger partial charge in [-0.3, -0.25) is 14.6 Å². The van der Waals surface area contributed by atoms with Gasteiger partial charge in [-0.15, -0.1) is 0 Å². The molecule has 2 saturated heterocycles. The van der Waals surface area contributed by atoms with Gasteiger partial charge in [-0.2, -0.15) is 13.2 Å². The highest BCUT2D eigenvalue weighted by Crippen LogP contribution is 2.44. The first-order valence-corrected chi connectivity index (χ1v) is 11.4. The molecule has 0 bridgehead atoms. The summed E-state index contributed by atoms with van der Waals surface area (Å²) in [6.45, 7) is 1.17. The van der Waals surface area contributed by atoms with Crippen LogP contribution in [-0.4, -0.2) is 54.7 Å². The number of nitrogens with zero attached hydrogens (tertiary/aromatic N) is 3. The van der Waals surface area contributed by atoms with E-state index in [1.165, 1.54) is 13.3 Å². The second-order valence-electron chi connectivity index (χ2n) is 8.86. The summed E-state index contributed by atoms with van der Waals surface area (Å²) >= 11 is 0. The summed E-state index contributed by atoms with van der Waals surface area (Å²) in [5.41, 5.74) is 5.84.